The third kappa shape index (κ3) is 1.30. The van der Waals surface area contributed by atoms with Gasteiger partial charge in [0.05, 0.1) is 0 Å². The molecule has 0 fully saturated rings. The molecule has 0 bridgehead atoms. The molecular weight excluding hydrogens is 150 g/mol. The minimum absolute atomic E-state index is 0.657. The van der Waals surface area contributed by atoms with E-state index in [1.807, 2.05) is 4.98 Å². The molecule has 3 N–H and O–H groups in total. The summed E-state index contributed by atoms with van der Waals surface area (Å²) in [5, 5.41) is 11.0. The van der Waals surface area contributed by atoms with Crippen LogP contribution in [0.5, 0.6) is 0 Å². The molecule has 0 aliphatic carbocycles. The van der Waals surface area contributed by atoms with Gasteiger partial charge in [0.25, 0.3) is 0 Å². The normalized spacial score (nSPS) is 12.8. The van der Waals surface area contributed by atoms with Crippen LogP contribution in [0.15, 0.2) is 22.2 Å². The maximum Gasteiger partial charge on any atom is 0.347 e. The molecule has 0 radical (unpaired) electrons. The minimum Gasteiger partial charge on any atom is -0.368 e. The van der Waals surface area contributed by atoms with E-state index < -0.39 is 17.6 Å². The average Bonchev–Trinajstić information content (AvgIpc) is 2.28. The Labute approximate surface area is 60.8 Å². The van der Waals surface area contributed by atoms with Crippen molar-refractivity contribution in [3.63, 3.8) is 0 Å². The first-order chi connectivity index (χ1) is 5.15. The summed E-state index contributed by atoms with van der Waals surface area (Å²) >= 11 is 0. The number of aromatic amines is 2. The van der Waals surface area contributed by atoms with Crippen molar-refractivity contribution in [2.24, 2.45) is 0 Å². The fourth-order valence-electron chi connectivity index (χ4n) is 0.637. The van der Waals surface area contributed by atoms with Crippen LogP contribution in [-0.4, -0.2) is 19.9 Å². The highest BCUT2D eigenvalue weighted by molar-refractivity contribution is 4.76. The molecule has 0 saturated carbocycles. The molecule has 6 nitrogen and oxygen atoms in total. The van der Waals surface area contributed by atoms with Gasteiger partial charge in [0.1, 0.15) is 0 Å². The zero-order valence-electron chi connectivity index (χ0n) is 5.57. The van der Waals surface area contributed by atoms with Gasteiger partial charge < -0.3 is 5.11 Å². The van der Waals surface area contributed by atoms with Gasteiger partial charge in [-0.1, -0.05) is 6.58 Å². The van der Waals surface area contributed by atoms with Gasteiger partial charge in [0, 0.05) is 0 Å². The Hall–Kier alpha value is -1.56. The molecule has 11 heavy (non-hydrogen) atoms. The van der Waals surface area contributed by atoms with Gasteiger partial charge in [-0.25, -0.2) is 19.4 Å². The number of aliphatic hydroxyl groups is 1. The van der Waals surface area contributed by atoms with Gasteiger partial charge in [-0.15, -0.1) is 0 Å². The van der Waals surface area contributed by atoms with Crippen molar-refractivity contribution in [3.8, 4) is 0 Å². The molecule has 0 aliphatic rings. The smallest absolute Gasteiger partial charge is 0.347 e. The second-order valence-electron chi connectivity index (χ2n) is 1.89. The van der Waals surface area contributed by atoms with Crippen LogP contribution in [0.4, 0.5) is 0 Å². The Balaban J connectivity index is 3.23. The van der Waals surface area contributed by atoms with Gasteiger partial charge in [-0.05, 0) is 6.08 Å². The van der Waals surface area contributed by atoms with E-state index in [0.717, 1.165) is 10.8 Å². The lowest BCUT2D eigenvalue weighted by Crippen LogP contribution is -2.21. The van der Waals surface area contributed by atoms with Gasteiger partial charge >= 0.3 is 11.4 Å². The number of nitrogens with zero attached hydrogens (tertiary/aromatic N) is 1. The van der Waals surface area contributed by atoms with Crippen LogP contribution in [0, 0.1) is 0 Å². The molecule has 1 aromatic rings. The van der Waals surface area contributed by atoms with Gasteiger partial charge in [0.15, 0.2) is 6.23 Å². The molecule has 1 unspecified atom stereocenters. The van der Waals surface area contributed by atoms with Crippen LogP contribution in [-0.2, 0) is 0 Å². The molecule has 60 valence electrons. The van der Waals surface area contributed by atoms with Gasteiger partial charge in [-0.3, -0.25) is 4.98 Å². The monoisotopic (exact) mass is 157 g/mol. The SMILES string of the molecule is C=CC(O)n1[nH]c(=O)[nH]c1=O. The minimum atomic E-state index is -1.19. The summed E-state index contributed by atoms with van der Waals surface area (Å²) in [5.41, 5.74) is -1.35. The number of hydrogen-bond donors (Lipinski definition) is 3. The highest BCUT2D eigenvalue weighted by Crippen LogP contribution is 1.91. The summed E-state index contributed by atoms with van der Waals surface area (Å²) in [6, 6.07) is 0. The highest BCUT2D eigenvalue weighted by atomic mass is 16.3. The molecular formula is C5H7N3O3. The van der Waals surface area contributed by atoms with Crippen molar-refractivity contribution in [3.05, 3.63) is 33.6 Å². The van der Waals surface area contributed by atoms with Crippen molar-refractivity contribution in [1.82, 2.24) is 14.8 Å². The summed E-state index contributed by atoms with van der Waals surface area (Å²) in [6.07, 6.45) is -0.0769. The fraction of sp³-hybridized carbons (Fsp3) is 0.200. The summed E-state index contributed by atoms with van der Waals surface area (Å²) < 4.78 is 0.731. The number of H-pyrrole nitrogens is 2. The quantitative estimate of drug-likeness (QED) is 0.458. The lowest BCUT2D eigenvalue weighted by atomic mass is 10.6. The van der Waals surface area contributed by atoms with Crippen LogP contribution in [0.1, 0.15) is 6.23 Å². The van der Waals surface area contributed by atoms with Crippen LogP contribution in [0.3, 0.4) is 0 Å². The third-order valence-corrected chi connectivity index (χ3v) is 1.14. The Morgan fingerprint density at radius 2 is 2.27 bits per heavy atom. The molecule has 6 heteroatoms. The summed E-state index contributed by atoms with van der Waals surface area (Å²) in [6.45, 7) is 3.24. The van der Waals surface area contributed by atoms with Crippen LogP contribution in [0.2, 0.25) is 0 Å². The van der Waals surface area contributed by atoms with E-state index in [1.54, 1.807) is 0 Å². The first-order valence-electron chi connectivity index (χ1n) is 2.86. The van der Waals surface area contributed by atoms with Gasteiger partial charge in [0.2, 0.25) is 0 Å². The molecule has 0 amide bonds. The van der Waals surface area contributed by atoms with Crippen LogP contribution >= 0.6 is 0 Å². The Bertz CT molecular complexity index is 358. The largest absolute Gasteiger partial charge is 0.368 e. The topological polar surface area (TPSA) is 90.9 Å². The molecule has 0 saturated heterocycles. The summed E-state index contributed by atoms with van der Waals surface area (Å²) in [7, 11) is 0. The first-order valence-corrected chi connectivity index (χ1v) is 2.86. The standard InChI is InChI=1S/C5H7N3O3/c1-2-3(9)8-5(11)6-4(10)7-8/h2-3,9H,1H2,(H2,6,7,10,11). The Morgan fingerprint density at radius 3 is 2.64 bits per heavy atom. The number of nitrogens with one attached hydrogen (secondary N) is 2. The average molecular weight is 157 g/mol. The van der Waals surface area contributed by atoms with E-state index in [1.165, 1.54) is 0 Å². The maximum atomic E-state index is 10.7. The van der Waals surface area contributed by atoms with E-state index in [9.17, 15) is 9.59 Å². The molecule has 0 aliphatic heterocycles. The van der Waals surface area contributed by atoms with Crippen molar-refractivity contribution in [2.45, 2.75) is 6.23 Å². The predicted octanol–water partition coefficient (Wildman–Crippen LogP) is -1.46. The van der Waals surface area contributed by atoms with E-state index >= 15 is 0 Å². The molecule has 1 rings (SSSR count). The fourth-order valence-corrected chi connectivity index (χ4v) is 0.637. The third-order valence-electron chi connectivity index (χ3n) is 1.14. The summed E-state index contributed by atoms with van der Waals surface area (Å²) in [5.74, 6) is 0. The van der Waals surface area contributed by atoms with E-state index in [4.69, 9.17) is 5.11 Å². The van der Waals surface area contributed by atoms with Crippen molar-refractivity contribution in [1.29, 1.82) is 0 Å². The zero-order valence-corrected chi connectivity index (χ0v) is 5.57. The van der Waals surface area contributed by atoms with Crippen molar-refractivity contribution >= 4 is 0 Å². The lowest BCUT2D eigenvalue weighted by Gasteiger charge is -2.01. The predicted molar refractivity (Wildman–Crippen MR) is 37.1 cm³/mol. The number of aromatic nitrogens is 3. The molecule has 0 aromatic carbocycles. The Kier molecular flexibility index (Phi) is 1.77. The lowest BCUT2D eigenvalue weighted by molar-refractivity contribution is 0.136. The number of rotatable bonds is 2. The second-order valence-corrected chi connectivity index (χ2v) is 1.89. The van der Waals surface area contributed by atoms with E-state index in [0.29, 0.717) is 0 Å². The Morgan fingerprint density at radius 1 is 1.64 bits per heavy atom. The number of hydrogen-bond acceptors (Lipinski definition) is 3. The van der Waals surface area contributed by atoms with E-state index in [-0.39, 0.29) is 0 Å². The van der Waals surface area contributed by atoms with Crippen LogP contribution < -0.4 is 11.4 Å². The highest BCUT2D eigenvalue weighted by Gasteiger charge is 2.05. The van der Waals surface area contributed by atoms with Crippen LogP contribution in [0.25, 0.3) is 0 Å². The first kappa shape index (κ1) is 7.55. The molecule has 1 heterocycles. The maximum absolute atomic E-state index is 10.7. The van der Waals surface area contributed by atoms with Crippen molar-refractivity contribution in [2.75, 3.05) is 0 Å². The van der Waals surface area contributed by atoms with Crippen molar-refractivity contribution < 1.29 is 5.11 Å². The molecule has 1 atom stereocenters. The van der Waals surface area contributed by atoms with E-state index in [2.05, 4.69) is 11.7 Å². The zero-order chi connectivity index (χ0) is 8.43. The second kappa shape index (κ2) is 2.59. The molecule has 1 aromatic heterocycles. The summed E-state index contributed by atoms with van der Waals surface area (Å²) in [4.78, 5) is 23.1. The molecule has 0 spiro atoms. The number of aliphatic hydroxyl groups excluding tert-OH is 1. The van der Waals surface area contributed by atoms with Gasteiger partial charge in [-0.2, -0.15) is 0 Å².